The highest BCUT2D eigenvalue weighted by molar-refractivity contribution is 5.25. The van der Waals surface area contributed by atoms with Gasteiger partial charge in [0.2, 0.25) is 0 Å². The maximum Gasteiger partial charge on any atom is 0.416 e. The molecule has 0 saturated heterocycles. The number of hydrogen-bond acceptors (Lipinski definition) is 2. The molecule has 0 fully saturated rings. The van der Waals surface area contributed by atoms with Crippen LogP contribution >= 0.6 is 0 Å². The van der Waals surface area contributed by atoms with Gasteiger partial charge in [-0.15, -0.1) is 0 Å². The second kappa shape index (κ2) is 6.05. The summed E-state index contributed by atoms with van der Waals surface area (Å²) in [6.45, 7) is 1.04. The molecule has 5 heteroatoms. The van der Waals surface area contributed by atoms with Crippen LogP contribution in [0.4, 0.5) is 13.2 Å². The number of hydrogen-bond donors (Lipinski definition) is 0. The number of aromatic nitrogens is 1. The standard InChI is InChI=1S/C15H15F3N2/c1-20(11-14-7-2-3-8-19-14)10-12-5-4-6-13(9-12)15(16,17)18/h2-9H,10-11H2,1H3. The van der Waals surface area contributed by atoms with Gasteiger partial charge in [-0.3, -0.25) is 9.88 Å². The maximum absolute atomic E-state index is 12.6. The lowest BCUT2D eigenvalue weighted by molar-refractivity contribution is -0.137. The highest BCUT2D eigenvalue weighted by Gasteiger charge is 2.30. The zero-order valence-corrected chi connectivity index (χ0v) is 11.1. The van der Waals surface area contributed by atoms with Crippen molar-refractivity contribution >= 4 is 0 Å². The number of alkyl halides is 3. The number of halogens is 3. The van der Waals surface area contributed by atoms with Crippen molar-refractivity contribution in [2.45, 2.75) is 19.3 Å². The Hall–Kier alpha value is -1.88. The predicted octanol–water partition coefficient (Wildman–Crippen LogP) is 3.73. The Kier molecular flexibility index (Phi) is 4.39. The van der Waals surface area contributed by atoms with Crippen LogP contribution in [0.5, 0.6) is 0 Å². The van der Waals surface area contributed by atoms with Gasteiger partial charge in [-0.25, -0.2) is 0 Å². The Labute approximate surface area is 115 Å². The fraction of sp³-hybridized carbons (Fsp3) is 0.267. The van der Waals surface area contributed by atoms with E-state index in [1.54, 1.807) is 12.3 Å². The molecule has 1 aromatic heterocycles. The van der Waals surface area contributed by atoms with Crippen molar-refractivity contribution in [3.63, 3.8) is 0 Å². The second-order valence-corrected chi connectivity index (χ2v) is 4.69. The fourth-order valence-corrected chi connectivity index (χ4v) is 1.98. The van der Waals surface area contributed by atoms with Crippen LogP contribution in [0, 0.1) is 0 Å². The van der Waals surface area contributed by atoms with E-state index in [9.17, 15) is 13.2 Å². The van der Waals surface area contributed by atoms with Crippen molar-refractivity contribution in [3.8, 4) is 0 Å². The zero-order valence-electron chi connectivity index (χ0n) is 11.1. The van der Waals surface area contributed by atoms with Gasteiger partial charge in [0.05, 0.1) is 11.3 Å². The first-order valence-corrected chi connectivity index (χ1v) is 6.20. The molecule has 0 atom stereocenters. The van der Waals surface area contributed by atoms with E-state index in [0.29, 0.717) is 18.7 Å². The molecule has 0 spiro atoms. The molecule has 106 valence electrons. The van der Waals surface area contributed by atoms with Crippen LogP contribution in [0.1, 0.15) is 16.8 Å². The van der Waals surface area contributed by atoms with Crippen LogP contribution in [0.25, 0.3) is 0 Å². The smallest absolute Gasteiger partial charge is 0.296 e. The fourth-order valence-electron chi connectivity index (χ4n) is 1.98. The van der Waals surface area contributed by atoms with Crippen molar-refractivity contribution in [3.05, 3.63) is 65.5 Å². The molecule has 0 saturated carbocycles. The number of pyridine rings is 1. The molecular formula is C15H15F3N2. The van der Waals surface area contributed by atoms with Crippen molar-refractivity contribution in [1.29, 1.82) is 0 Å². The third-order valence-electron chi connectivity index (χ3n) is 2.86. The van der Waals surface area contributed by atoms with Crippen molar-refractivity contribution in [1.82, 2.24) is 9.88 Å². The van der Waals surface area contributed by atoms with Crippen LogP contribution in [-0.2, 0) is 19.3 Å². The van der Waals surface area contributed by atoms with Gasteiger partial charge in [-0.05, 0) is 30.8 Å². The van der Waals surface area contributed by atoms with Crippen LogP contribution in [0.3, 0.4) is 0 Å². The van der Waals surface area contributed by atoms with E-state index < -0.39 is 11.7 Å². The van der Waals surface area contributed by atoms with E-state index in [4.69, 9.17) is 0 Å². The molecular weight excluding hydrogens is 265 g/mol. The van der Waals surface area contributed by atoms with Gasteiger partial charge < -0.3 is 0 Å². The van der Waals surface area contributed by atoms with Crippen LogP contribution < -0.4 is 0 Å². The van der Waals surface area contributed by atoms with Gasteiger partial charge >= 0.3 is 6.18 Å². The number of nitrogens with zero attached hydrogens (tertiary/aromatic N) is 2. The summed E-state index contributed by atoms with van der Waals surface area (Å²) < 4.78 is 37.9. The molecule has 0 aliphatic carbocycles. The Morgan fingerprint density at radius 2 is 1.85 bits per heavy atom. The van der Waals surface area contributed by atoms with Crippen molar-refractivity contribution in [2.75, 3.05) is 7.05 Å². The summed E-state index contributed by atoms with van der Waals surface area (Å²) in [5, 5.41) is 0. The molecule has 0 unspecified atom stereocenters. The van der Waals surface area contributed by atoms with Crippen LogP contribution in [-0.4, -0.2) is 16.9 Å². The average molecular weight is 280 g/mol. The van der Waals surface area contributed by atoms with E-state index in [2.05, 4.69) is 4.98 Å². The Balaban J connectivity index is 2.03. The Morgan fingerprint density at radius 1 is 1.05 bits per heavy atom. The van der Waals surface area contributed by atoms with Gasteiger partial charge in [0.15, 0.2) is 0 Å². The first kappa shape index (κ1) is 14.5. The zero-order chi connectivity index (χ0) is 14.6. The second-order valence-electron chi connectivity index (χ2n) is 4.69. The summed E-state index contributed by atoms with van der Waals surface area (Å²) in [5.41, 5.74) is 0.918. The maximum atomic E-state index is 12.6. The quantitative estimate of drug-likeness (QED) is 0.848. The third kappa shape index (κ3) is 4.06. The molecule has 1 aromatic carbocycles. The highest BCUT2D eigenvalue weighted by Crippen LogP contribution is 2.29. The predicted molar refractivity (Wildman–Crippen MR) is 70.9 cm³/mol. The molecule has 0 N–H and O–H groups in total. The minimum absolute atomic E-state index is 0.445. The summed E-state index contributed by atoms with van der Waals surface area (Å²) in [7, 11) is 1.86. The van der Waals surface area contributed by atoms with E-state index in [0.717, 1.165) is 11.8 Å². The van der Waals surface area contributed by atoms with E-state index in [1.165, 1.54) is 12.1 Å². The molecule has 0 aliphatic rings. The molecule has 2 nitrogen and oxygen atoms in total. The molecule has 0 amide bonds. The minimum atomic E-state index is -4.30. The summed E-state index contributed by atoms with van der Waals surface area (Å²) in [5.74, 6) is 0. The third-order valence-corrected chi connectivity index (χ3v) is 2.86. The van der Waals surface area contributed by atoms with E-state index in [-0.39, 0.29) is 0 Å². The average Bonchev–Trinajstić information content (AvgIpc) is 2.39. The van der Waals surface area contributed by atoms with Crippen molar-refractivity contribution in [2.24, 2.45) is 0 Å². The number of benzene rings is 1. The lowest BCUT2D eigenvalue weighted by atomic mass is 10.1. The highest BCUT2D eigenvalue weighted by atomic mass is 19.4. The summed E-state index contributed by atoms with van der Waals surface area (Å²) in [6.07, 6.45) is -2.59. The van der Waals surface area contributed by atoms with Crippen molar-refractivity contribution < 1.29 is 13.2 Å². The monoisotopic (exact) mass is 280 g/mol. The lowest BCUT2D eigenvalue weighted by Crippen LogP contribution is -2.18. The molecule has 20 heavy (non-hydrogen) atoms. The van der Waals surface area contributed by atoms with Gasteiger partial charge in [0.1, 0.15) is 0 Å². The van der Waals surface area contributed by atoms with E-state index >= 15 is 0 Å². The topological polar surface area (TPSA) is 16.1 Å². The van der Waals surface area contributed by atoms with E-state index in [1.807, 2.05) is 30.1 Å². The summed E-state index contributed by atoms with van der Waals surface area (Å²) in [6, 6.07) is 11.0. The Morgan fingerprint density at radius 3 is 2.50 bits per heavy atom. The summed E-state index contributed by atoms with van der Waals surface area (Å²) >= 11 is 0. The Bertz CT molecular complexity index is 553. The molecule has 2 rings (SSSR count). The van der Waals surface area contributed by atoms with Gasteiger partial charge in [-0.1, -0.05) is 24.3 Å². The molecule has 2 aromatic rings. The largest absolute Gasteiger partial charge is 0.416 e. The molecule has 1 heterocycles. The normalized spacial score (nSPS) is 11.8. The lowest BCUT2D eigenvalue weighted by Gasteiger charge is -2.17. The van der Waals surface area contributed by atoms with Crippen LogP contribution in [0.15, 0.2) is 48.7 Å². The first-order valence-electron chi connectivity index (χ1n) is 6.20. The molecule has 0 bridgehead atoms. The van der Waals surface area contributed by atoms with Gasteiger partial charge in [0, 0.05) is 19.3 Å². The minimum Gasteiger partial charge on any atom is -0.296 e. The SMILES string of the molecule is CN(Cc1cccc(C(F)(F)F)c1)Cc1ccccn1. The molecule has 0 aliphatic heterocycles. The van der Waals surface area contributed by atoms with Gasteiger partial charge in [0.25, 0.3) is 0 Å². The summed E-state index contributed by atoms with van der Waals surface area (Å²) in [4.78, 5) is 6.12. The first-order chi connectivity index (χ1) is 9.45. The van der Waals surface area contributed by atoms with Crippen LogP contribution in [0.2, 0.25) is 0 Å². The van der Waals surface area contributed by atoms with Gasteiger partial charge in [-0.2, -0.15) is 13.2 Å². The number of rotatable bonds is 4. The molecule has 0 radical (unpaired) electrons.